The molecule has 1 aromatic rings. The number of ether oxygens (including phenoxy) is 4. The largest absolute Gasteiger partial charge is 0.493 e. The molecule has 1 aliphatic heterocycles. The normalized spacial score (nSPS) is 20.4. The molecule has 7 nitrogen and oxygen atoms in total. The second-order valence-electron chi connectivity index (χ2n) is 8.18. The first-order chi connectivity index (χ1) is 15.5. The third kappa shape index (κ3) is 4.66. The zero-order valence-electron chi connectivity index (χ0n) is 19.7. The zero-order valence-corrected chi connectivity index (χ0v) is 19.7. The molecule has 0 saturated carbocycles. The maximum absolute atomic E-state index is 13.2. The van der Waals surface area contributed by atoms with Gasteiger partial charge in [0.15, 0.2) is 17.3 Å². The van der Waals surface area contributed by atoms with E-state index in [9.17, 15) is 9.59 Å². The number of carbonyl (C=O) groups is 2. The summed E-state index contributed by atoms with van der Waals surface area (Å²) in [5, 5.41) is 0. The number of rotatable bonds is 9. The van der Waals surface area contributed by atoms with E-state index in [1.54, 1.807) is 21.3 Å². The van der Waals surface area contributed by atoms with Crippen LogP contribution in [-0.2, 0) is 14.3 Å². The molecular formula is C25H33NO6. The Morgan fingerprint density at radius 3 is 2.34 bits per heavy atom. The Morgan fingerprint density at radius 2 is 1.75 bits per heavy atom. The number of carbonyl (C=O) groups excluding carboxylic acids is 2. The van der Waals surface area contributed by atoms with Crippen LogP contribution in [0.2, 0.25) is 0 Å². The van der Waals surface area contributed by atoms with Gasteiger partial charge in [-0.1, -0.05) is 19.8 Å². The number of nitrogens with zero attached hydrogens (tertiary/aromatic N) is 1. The van der Waals surface area contributed by atoms with Crippen LogP contribution in [0.5, 0.6) is 17.2 Å². The van der Waals surface area contributed by atoms with Crippen LogP contribution in [0.15, 0.2) is 28.4 Å². The number of unbranched alkanes of at least 4 members (excludes halogenated alkanes) is 2. The number of hydrogen-bond acceptors (Lipinski definition) is 7. The Hall–Kier alpha value is -2.83. The van der Waals surface area contributed by atoms with Crippen molar-refractivity contribution in [1.29, 1.82) is 0 Å². The lowest BCUT2D eigenvalue weighted by Crippen LogP contribution is -2.37. The lowest BCUT2D eigenvalue weighted by molar-refractivity contribution is -0.146. The molecule has 0 saturated heterocycles. The molecule has 1 unspecified atom stereocenters. The van der Waals surface area contributed by atoms with Crippen molar-refractivity contribution in [3.63, 3.8) is 0 Å². The molecule has 2 aliphatic rings. The SMILES string of the molecule is CCCCCOC(=O)C1C(C)=NC2=C(C(=O)CCC2)[C@H]1c1cc(OC)c(OC)c(OC)c1. The van der Waals surface area contributed by atoms with Gasteiger partial charge in [0.2, 0.25) is 5.75 Å². The Bertz CT molecular complexity index is 907. The minimum atomic E-state index is -0.680. The third-order valence-electron chi connectivity index (χ3n) is 6.13. The van der Waals surface area contributed by atoms with Gasteiger partial charge in [0.25, 0.3) is 0 Å². The van der Waals surface area contributed by atoms with Crippen LogP contribution in [0.1, 0.15) is 63.9 Å². The minimum Gasteiger partial charge on any atom is -0.493 e. The fourth-order valence-corrected chi connectivity index (χ4v) is 4.57. The number of Topliss-reactive ketones (excluding diaryl/α,β-unsaturated/α-hetero) is 1. The van der Waals surface area contributed by atoms with Crippen LogP contribution < -0.4 is 14.2 Å². The number of aliphatic imine (C=N–C) groups is 1. The average Bonchev–Trinajstić information content (AvgIpc) is 2.79. The molecule has 0 bridgehead atoms. The Balaban J connectivity index is 2.10. The molecule has 0 aromatic heterocycles. The van der Waals surface area contributed by atoms with Gasteiger partial charge in [-0.3, -0.25) is 14.6 Å². The summed E-state index contributed by atoms with van der Waals surface area (Å²) in [6.45, 7) is 4.30. The van der Waals surface area contributed by atoms with Crippen LogP contribution in [-0.4, -0.2) is 45.4 Å². The number of allylic oxidation sites excluding steroid dienone is 2. The molecule has 0 radical (unpaired) electrons. The zero-order chi connectivity index (χ0) is 23.3. The van der Waals surface area contributed by atoms with Crippen LogP contribution in [0.4, 0.5) is 0 Å². The fraction of sp³-hybridized carbons (Fsp3) is 0.560. The Morgan fingerprint density at radius 1 is 1.06 bits per heavy atom. The molecule has 1 heterocycles. The smallest absolute Gasteiger partial charge is 0.315 e. The van der Waals surface area contributed by atoms with Gasteiger partial charge in [-0.05, 0) is 43.9 Å². The summed E-state index contributed by atoms with van der Waals surface area (Å²) in [4.78, 5) is 31.0. The standard InChI is InChI=1S/C25H33NO6/c1-6-7-8-12-32-25(28)21-15(2)26-17-10-9-11-18(27)23(17)22(21)16-13-19(29-3)24(31-5)20(14-16)30-4/h13-14,21-22H,6-12H2,1-5H3/t21?,22-/m0/s1. The second kappa shape index (κ2) is 10.7. The van der Waals surface area contributed by atoms with Crippen LogP contribution in [0, 0.1) is 5.92 Å². The summed E-state index contributed by atoms with van der Waals surface area (Å²) >= 11 is 0. The highest BCUT2D eigenvalue weighted by Gasteiger charge is 2.43. The van der Waals surface area contributed by atoms with E-state index in [2.05, 4.69) is 11.9 Å². The second-order valence-corrected chi connectivity index (χ2v) is 8.18. The van der Waals surface area contributed by atoms with Crippen molar-refractivity contribution in [2.24, 2.45) is 10.9 Å². The van der Waals surface area contributed by atoms with Crippen molar-refractivity contribution < 1.29 is 28.5 Å². The van der Waals surface area contributed by atoms with Crippen molar-refractivity contribution in [2.45, 2.75) is 58.3 Å². The first kappa shape index (κ1) is 23.8. The molecule has 0 fully saturated rings. The predicted octanol–water partition coefficient (Wildman–Crippen LogP) is 4.63. The van der Waals surface area contributed by atoms with Crippen molar-refractivity contribution in [1.82, 2.24) is 0 Å². The first-order valence-electron chi connectivity index (χ1n) is 11.2. The Kier molecular flexibility index (Phi) is 7.94. The van der Waals surface area contributed by atoms with E-state index in [1.165, 1.54) is 0 Å². The quantitative estimate of drug-likeness (QED) is 0.409. The van der Waals surface area contributed by atoms with E-state index >= 15 is 0 Å². The fourth-order valence-electron chi connectivity index (χ4n) is 4.57. The maximum Gasteiger partial charge on any atom is 0.315 e. The van der Waals surface area contributed by atoms with Gasteiger partial charge in [-0.15, -0.1) is 0 Å². The predicted molar refractivity (Wildman–Crippen MR) is 122 cm³/mol. The van der Waals surface area contributed by atoms with E-state index in [0.29, 0.717) is 41.6 Å². The summed E-state index contributed by atoms with van der Waals surface area (Å²) in [5.74, 6) is -0.105. The molecule has 3 rings (SSSR count). The average molecular weight is 444 g/mol. The van der Waals surface area contributed by atoms with Crippen molar-refractivity contribution >= 4 is 17.5 Å². The molecule has 2 atom stereocenters. The highest BCUT2D eigenvalue weighted by Crippen LogP contribution is 2.47. The van der Waals surface area contributed by atoms with Crippen molar-refractivity contribution in [3.05, 3.63) is 29.0 Å². The minimum absolute atomic E-state index is 0.0324. The number of benzene rings is 1. The molecule has 0 amide bonds. The highest BCUT2D eigenvalue weighted by molar-refractivity contribution is 6.08. The van der Waals surface area contributed by atoms with E-state index in [-0.39, 0.29) is 11.8 Å². The van der Waals surface area contributed by atoms with Crippen LogP contribution >= 0.6 is 0 Å². The van der Waals surface area contributed by atoms with Gasteiger partial charge in [0, 0.05) is 29.3 Å². The molecule has 0 N–H and O–H groups in total. The van der Waals surface area contributed by atoms with E-state index in [1.807, 2.05) is 19.1 Å². The molecule has 0 spiro atoms. The van der Waals surface area contributed by atoms with Crippen molar-refractivity contribution in [3.8, 4) is 17.2 Å². The number of esters is 1. The monoisotopic (exact) mass is 443 g/mol. The molecular weight excluding hydrogens is 410 g/mol. The molecule has 7 heteroatoms. The third-order valence-corrected chi connectivity index (χ3v) is 6.13. The number of hydrogen-bond donors (Lipinski definition) is 0. The summed E-state index contributed by atoms with van der Waals surface area (Å²) < 4.78 is 22.2. The van der Waals surface area contributed by atoms with Gasteiger partial charge in [0.05, 0.1) is 27.9 Å². The topological polar surface area (TPSA) is 83.4 Å². The van der Waals surface area contributed by atoms with Gasteiger partial charge >= 0.3 is 5.97 Å². The summed E-state index contributed by atoms with van der Waals surface area (Å²) in [6, 6.07) is 3.63. The number of methoxy groups -OCH3 is 3. The van der Waals surface area contributed by atoms with Gasteiger partial charge in [-0.25, -0.2) is 0 Å². The van der Waals surface area contributed by atoms with Crippen LogP contribution in [0.25, 0.3) is 0 Å². The number of ketones is 1. The van der Waals surface area contributed by atoms with Gasteiger partial charge in [0.1, 0.15) is 5.92 Å². The Labute approximate surface area is 189 Å². The first-order valence-corrected chi connectivity index (χ1v) is 11.2. The van der Waals surface area contributed by atoms with E-state index < -0.39 is 11.8 Å². The summed E-state index contributed by atoms with van der Waals surface area (Å²) in [5.41, 5.74) is 2.78. The van der Waals surface area contributed by atoms with Gasteiger partial charge < -0.3 is 18.9 Å². The maximum atomic E-state index is 13.2. The molecule has 1 aromatic carbocycles. The van der Waals surface area contributed by atoms with Gasteiger partial charge in [-0.2, -0.15) is 0 Å². The van der Waals surface area contributed by atoms with E-state index in [4.69, 9.17) is 18.9 Å². The lowest BCUT2D eigenvalue weighted by atomic mass is 9.71. The highest BCUT2D eigenvalue weighted by atomic mass is 16.5. The molecule has 32 heavy (non-hydrogen) atoms. The van der Waals surface area contributed by atoms with Crippen LogP contribution in [0.3, 0.4) is 0 Å². The summed E-state index contributed by atoms with van der Waals surface area (Å²) in [6.07, 6.45) is 4.79. The van der Waals surface area contributed by atoms with Crippen molar-refractivity contribution in [2.75, 3.05) is 27.9 Å². The summed E-state index contributed by atoms with van der Waals surface area (Å²) in [7, 11) is 4.63. The molecule has 1 aliphatic carbocycles. The lowest BCUT2D eigenvalue weighted by Gasteiger charge is -2.34. The molecule has 174 valence electrons. The van der Waals surface area contributed by atoms with E-state index in [0.717, 1.165) is 43.4 Å².